The maximum absolute atomic E-state index is 9.69. The third-order valence-corrected chi connectivity index (χ3v) is 2.43. The first-order valence-electron chi connectivity index (χ1n) is 5.55. The molecule has 0 spiro atoms. The molecular weight excluding hydrogens is 202 g/mol. The van der Waals surface area contributed by atoms with Gasteiger partial charge in [0.05, 0.1) is 5.56 Å². The van der Waals surface area contributed by atoms with Crippen LogP contribution in [0.1, 0.15) is 39.3 Å². The van der Waals surface area contributed by atoms with Crippen LogP contribution in [0.5, 0.6) is 11.5 Å². The molecule has 0 heterocycles. The zero-order chi connectivity index (χ0) is 12.3. The molecule has 0 aromatic heterocycles. The minimum Gasteiger partial charge on any atom is -0.507 e. The molecule has 90 valence electrons. The third kappa shape index (κ3) is 3.42. The number of rotatable bonds is 3. The van der Waals surface area contributed by atoms with E-state index in [1.807, 2.05) is 6.92 Å². The predicted molar refractivity (Wildman–Crippen MR) is 65.6 cm³/mol. The molecule has 3 nitrogen and oxygen atoms in total. The maximum atomic E-state index is 9.69. The highest BCUT2D eigenvalue weighted by atomic mass is 16.3. The molecule has 1 atom stereocenters. The first-order valence-corrected chi connectivity index (χ1v) is 5.55. The van der Waals surface area contributed by atoms with Crippen molar-refractivity contribution >= 4 is 0 Å². The highest BCUT2D eigenvalue weighted by Gasteiger charge is 2.17. The summed E-state index contributed by atoms with van der Waals surface area (Å²) < 4.78 is 0. The Kier molecular flexibility index (Phi) is 3.81. The Morgan fingerprint density at radius 2 is 1.69 bits per heavy atom. The second kappa shape index (κ2) is 4.74. The van der Waals surface area contributed by atoms with Crippen molar-refractivity contribution in [2.24, 2.45) is 5.41 Å². The second-order valence-corrected chi connectivity index (χ2v) is 5.37. The molecule has 0 fully saturated rings. The summed E-state index contributed by atoms with van der Waals surface area (Å²) in [7, 11) is 0. The van der Waals surface area contributed by atoms with E-state index in [2.05, 4.69) is 26.1 Å². The van der Waals surface area contributed by atoms with Gasteiger partial charge in [0.15, 0.2) is 0 Å². The minimum atomic E-state index is -0.0691. The Hall–Kier alpha value is -1.22. The van der Waals surface area contributed by atoms with Gasteiger partial charge >= 0.3 is 0 Å². The average molecular weight is 223 g/mol. The van der Waals surface area contributed by atoms with Gasteiger partial charge < -0.3 is 15.5 Å². The summed E-state index contributed by atoms with van der Waals surface area (Å²) in [6, 6.07) is 4.74. The van der Waals surface area contributed by atoms with Crippen molar-refractivity contribution in [1.82, 2.24) is 5.32 Å². The molecule has 1 aromatic rings. The Morgan fingerprint density at radius 1 is 1.19 bits per heavy atom. The van der Waals surface area contributed by atoms with E-state index in [1.54, 1.807) is 18.2 Å². The lowest BCUT2D eigenvalue weighted by atomic mass is 9.96. The van der Waals surface area contributed by atoms with Crippen LogP contribution < -0.4 is 5.32 Å². The number of nitrogens with one attached hydrogen (secondary N) is 1. The van der Waals surface area contributed by atoms with Crippen molar-refractivity contribution in [2.75, 3.05) is 6.54 Å². The summed E-state index contributed by atoms with van der Waals surface area (Å²) in [6.07, 6.45) is 0. The van der Waals surface area contributed by atoms with Gasteiger partial charge in [-0.2, -0.15) is 0 Å². The summed E-state index contributed by atoms with van der Waals surface area (Å²) in [6.45, 7) is 9.16. The highest BCUT2D eigenvalue weighted by Crippen LogP contribution is 2.32. The van der Waals surface area contributed by atoms with Crippen LogP contribution in [0.25, 0.3) is 0 Å². The minimum absolute atomic E-state index is 0.0691. The number of benzene rings is 1. The largest absolute Gasteiger partial charge is 0.507 e. The van der Waals surface area contributed by atoms with Gasteiger partial charge in [-0.1, -0.05) is 26.8 Å². The monoisotopic (exact) mass is 223 g/mol. The van der Waals surface area contributed by atoms with Gasteiger partial charge in [-0.05, 0) is 24.5 Å². The van der Waals surface area contributed by atoms with Crippen molar-refractivity contribution in [3.63, 3.8) is 0 Å². The second-order valence-electron chi connectivity index (χ2n) is 5.37. The van der Waals surface area contributed by atoms with Crippen molar-refractivity contribution in [2.45, 2.75) is 33.7 Å². The zero-order valence-electron chi connectivity index (χ0n) is 10.4. The summed E-state index contributed by atoms with van der Waals surface area (Å²) in [5.41, 5.74) is 0.737. The average Bonchev–Trinajstić information content (AvgIpc) is 2.13. The molecule has 0 amide bonds. The standard InChI is InChI=1S/C13H21NO2/c1-9(14-8-13(2,3)4)12-10(15)6-5-7-11(12)16/h5-7,9,14-16H,8H2,1-4H3. The summed E-state index contributed by atoms with van der Waals surface area (Å²) >= 11 is 0. The van der Waals surface area contributed by atoms with E-state index in [0.29, 0.717) is 5.56 Å². The molecule has 0 aliphatic rings. The third-order valence-electron chi connectivity index (χ3n) is 2.43. The SMILES string of the molecule is CC(NCC(C)(C)C)c1c(O)cccc1O. The van der Waals surface area contributed by atoms with Gasteiger partial charge in [0.25, 0.3) is 0 Å². The van der Waals surface area contributed by atoms with Crippen LogP contribution >= 0.6 is 0 Å². The molecule has 0 saturated heterocycles. The van der Waals surface area contributed by atoms with Crippen LogP contribution in [0.3, 0.4) is 0 Å². The Balaban J connectivity index is 2.77. The van der Waals surface area contributed by atoms with E-state index in [-0.39, 0.29) is 23.0 Å². The van der Waals surface area contributed by atoms with Crippen molar-refractivity contribution < 1.29 is 10.2 Å². The summed E-state index contributed by atoms with van der Waals surface area (Å²) in [5, 5.41) is 22.7. The molecule has 3 heteroatoms. The van der Waals surface area contributed by atoms with Crippen LogP contribution in [0.2, 0.25) is 0 Å². The topological polar surface area (TPSA) is 52.5 Å². The molecule has 0 saturated carbocycles. The lowest BCUT2D eigenvalue weighted by molar-refractivity contribution is 0.349. The van der Waals surface area contributed by atoms with E-state index in [1.165, 1.54) is 0 Å². The molecule has 1 unspecified atom stereocenters. The normalized spacial score (nSPS) is 13.8. The van der Waals surface area contributed by atoms with Crippen LogP contribution in [0.4, 0.5) is 0 Å². The number of phenolic OH excluding ortho intramolecular Hbond substituents is 2. The lowest BCUT2D eigenvalue weighted by Crippen LogP contribution is -2.29. The van der Waals surface area contributed by atoms with E-state index in [4.69, 9.17) is 0 Å². The highest BCUT2D eigenvalue weighted by molar-refractivity contribution is 5.44. The Bertz CT molecular complexity index is 335. The smallest absolute Gasteiger partial charge is 0.124 e. The maximum Gasteiger partial charge on any atom is 0.124 e. The molecule has 0 radical (unpaired) electrons. The van der Waals surface area contributed by atoms with E-state index >= 15 is 0 Å². The molecule has 1 rings (SSSR count). The van der Waals surface area contributed by atoms with Gasteiger partial charge in [0.2, 0.25) is 0 Å². The summed E-state index contributed by atoms with van der Waals surface area (Å²) in [5.74, 6) is 0.266. The Labute approximate surface area is 97.1 Å². The number of hydrogen-bond acceptors (Lipinski definition) is 3. The van der Waals surface area contributed by atoms with Crippen LogP contribution in [-0.2, 0) is 0 Å². The molecule has 0 aliphatic heterocycles. The van der Waals surface area contributed by atoms with Gasteiger partial charge in [-0.15, -0.1) is 0 Å². The summed E-state index contributed by atoms with van der Waals surface area (Å²) in [4.78, 5) is 0. The molecular formula is C13H21NO2. The number of phenols is 2. The van der Waals surface area contributed by atoms with Gasteiger partial charge in [0.1, 0.15) is 11.5 Å². The van der Waals surface area contributed by atoms with E-state index in [9.17, 15) is 10.2 Å². The fourth-order valence-electron chi connectivity index (χ4n) is 1.55. The zero-order valence-corrected chi connectivity index (χ0v) is 10.4. The van der Waals surface area contributed by atoms with Gasteiger partial charge in [-0.25, -0.2) is 0 Å². The first kappa shape index (κ1) is 12.8. The number of aromatic hydroxyl groups is 2. The fraction of sp³-hybridized carbons (Fsp3) is 0.538. The fourth-order valence-corrected chi connectivity index (χ4v) is 1.55. The Morgan fingerprint density at radius 3 is 2.12 bits per heavy atom. The van der Waals surface area contributed by atoms with Crippen LogP contribution in [0.15, 0.2) is 18.2 Å². The lowest BCUT2D eigenvalue weighted by Gasteiger charge is -2.23. The number of hydrogen-bond donors (Lipinski definition) is 3. The molecule has 1 aromatic carbocycles. The van der Waals surface area contributed by atoms with E-state index in [0.717, 1.165) is 6.54 Å². The molecule has 3 N–H and O–H groups in total. The predicted octanol–water partition coefficient (Wildman–Crippen LogP) is 2.79. The van der Waals surface area contributed by atoms with Crippen molar-refractivity contribution in [3.05, 3.63) is 23.8 Å². The molecule has 0 bridgehead atoms. The first-order chi connectivity index (χ1) is 7.31. The van der Waals surface area contributed by atoms with E-state index < -0.39 is 0 Å². The van der Waals surface area contributed by atoms with Crippen molar-refractivity contribution in [1.29, 1.82) is 0 Å². The van der Waals surface area contributed by atoms with Gasteiger partial charge in [0, 0.05) is 12.6 Å². The molecule has 16 heavy (non-hydrogen) atoms. The van der Waals surface area contributed by atoms with Crippen molar-refractivity contribution in [3.8, 4) is 11.5 Å². The van der Waals surface area contributed by atoms with Gasteiger partial charge in [-0.3, -0.25) is 0 Å². The quantitative estimate of drug-likeness (QED) is 0.738. The van der Waals surface area contributed by atoms with Crippen LogP contribution in [0, 0.1) is 5.41 Å². The molecule has 0 aliphatic carbocycles. The van der Waals surface area contributed by atoms with Crippen LogP contribution in [-0.4, -0.2) is 16.8 Å².